The minimum absolute atomic E-state index is 0.01000. The van der Waals surface area contributed by atoms with Gasteiger partial charge in [-0.3, -0.25) is 9.59 Å². The van der Waals surface area contributed by atoms with Crippen molar-refractivity contribution in [3.05, 3.63) is 61.7 Å². The highest BCUT2D eigenvalue weighted by atomic mass is 19.1. The SMILES string of the molecule is [B]NC1CCc2c(C)c(F)cc3nc4c(c1c23)Cn1c-4cc2c(c1=O)COC(=O)C2CC. The molecule has 2 aliphatic heterocycles. The molecule has 0 fully saturated rings. The van der Waals surface area contributed by atoms with E-state index in [-0.39, 0.29) is 30.0 Å². The quantitative estimate of drug-likeness (QED) is 0.392. The third-order valence-electron chi connectivity index (χ3n) is 7.40. The molecule has 6 nitrogen and oxygen atoms in total. The Hall–Kier alpha value is -3.00. The van der Waals surface area contributed by atoms with E-state index < -0.39 is 5.92 Å². The van der Waals surface area contributed by atoms with E-state index in [4.69, 9.17) is 17.7 Å². The van der Waals surface area contributed by atoms with Gasteiger partial charge in [-0.05, 0) is 54.5 Å². The van der Waals surface area contributed by atoms with Gasteiger partial charge >= 0.3 is 5.97 Å². The van der Waals surface area contributed by atoms with Gasteiger partial charge in [-0.15, -0.1) is 0 Å². The van der Waals surface area contributed by atoms with Gasteiger partial charge in [-0.1, -0.05) is 6.92 Å². The van der Waals surface area contributed by atoms with E-state index in [9.17, 15) is 14.0 Å². The second-order valence-corrected chi connectivity index (χ2v) is 8.89. The smallest absolute Gasteiger partial charge is 0.313 e. The number of fused-ring (bicyclic) bond motifs is 5. The Labute approximate surface area is 185 Å². The van der Waals surface area contributed by atoms with Gasteiger partial charge in [0.05, 0.1) is 34.9 Å². The summed E-state index contributed by atoms with van der Waals surface area (Å²) in [6.45, 7) is 4.06. The number of carbonyl (C=O) groups is 1. The van der Waals surface area contributed by atoms with Crippen LogP contribution in [0.3, 0.4) is 0 Å². The van der Waals surface area contributed by atoms with E-state index in [2.05, 4.69) is 5.23 Å². The molecule has 2 unspecified atom stereocenters. The maximum absolute atomic E-state index is 14.7. The van der Waals surface area contributed by atoms with Crippen molar-refractivity contribution in [2.24, 2.45) is 0 Å². The van der Waals surface area contributed by atoms with Crippen molar-refractivity contribution >= 4 is 24.9 Å². The highest BCUT2D eigenvalue weighted by Gasteiger charge is 2.36. The largest absolute Gasteiger partial charge is 0.460 e. The average molecular weight is 429 g/mol. The topological polar surface area (TPSA) is 73.2 Å². The zero-order valence-corrected chi connectivity index (χ0v) is 17.9. The summed E-state index contributed by atoms with van der Waals surface area (Å²) < 4.78 is 21.7. The van der Waals surface area contributed by atoms with Gasteiger partial charge in [0.1, 0.15) is 12.4 Å². The average Bonchev–Trinajstić information content (AvgIpc) is 3.16. The highest BCUT2D eigenvalue weighted by Crippen LogP contribution is 2.45. The molecule has 6 rings (SSSR count). The second kappa shape index (κ2) is 6.75. The van der Waals surface area contributed by atoms with Crippen LogP contribution in [0.5, 0.6) is 0 Å². The van der Waals surface area contributed by atoms with E-state index in [0.717, 1.165) is 28.5 Å². The molecule has 2 radical (unpaired) electrons. The van der Waals surface area contributed by atoms with Gasteiger partial charge in [0.2, 0.25) is 0 Å². The zero-order valence-electron chi connectivity index (χ0n) is 17.9. The maximum Gasteiger partial charge on any atom is 0.313 e. The molecule has 3 aromatic rings. The monoisotopic (exact) mass is 429 g/mol. The van der Waals surface area contributed by atoms with Crippen LogP contribution in [-0.4, -0.2) is 23.5 Å². The van der Waals surface area contributed by atoms with Crippen LogP contribution < -0.4 is 10.8 Å². The Morgan fingerprint density at radius 1 is 1.28 bits per heavy atom. The Morgan fingerprint density at radius 2 is 2.09 bits per heavy atom. The van der Waals surface area contributed by atoms with Crippen LogP contribution >= 0.6 is 0 Å². The molecular weight excluding hydrogens is 408 g/mol. The summed E-state index contributed by atoms with van der Waals surface area (Å²) in [4.78, 5) is 30.6. The minimum atomic E-state index is -0.467. The number of cyclic esters (lactones) is 1. The van der Waals surface area contributed by atoms with Crippen LogP contribution in [0.2, 0.25) is 0 Å². The van der Waals surface area contributed by atoms with E-state index in [1.807, 2.05) is 13.0 Å². The molecule has 1 N–H and O–H groups in total. The van der Waals surface area contributed by atoms with Gasteiger partial charge in [0.15, 0.2) is 7.98 Å². The molecule has 0 amide bonds. The summed E-state index contributed by atoms with van der Waals surface area (Å²) >= 11 is 0. The van der Waals surface area contributed by atoms with Crippen molar-refractivity contribution in [1.82, 2.24) is 14.8 Å². The molecule has 8 heteroatoms. The lowest BCUT2D eigenvalue weighted by molar-refractivity contribution is -0.148. The lowest BCUT2D eigenvalue weighted by atomic mass is 9.81. The molecule has 0 saturated heterocycles. The first-order chi connectivity index (χ1) is 15.4. The molecule has 0 saturated carbocycles. The Kier molecular flexibility index (Phi) is 4.15. The van der Waals surface area contributed by atoms with Crippen molar-refractivity contribution in [3.63, 3.8) is 0 Å². The summed E-state index contributed by atoms with van der Waals surface area (Å²) in [6, 6.07) is 3.27. The fraction of sp³-hybridized carbons (Fsp3) is 0.375. The van der Waals surface area contributed by atoms with Gasteiger partial charge in [0, 0.05) is 23.1 Å². The van der Waals surface area contributed by atoms with Crippen LogP contribution in [0.4, 0.5) is 4.39 Å². The highest BCUT2D eigenvalue weighted by molar-refractivity contribution is 6.05. The van der Waals surface area contributed by atoms with Crippen molar-refractivity contribution in [1.29, 1.82) is 0 Å². The minimum Gasteiger partial charge on any atom is -0.460 e. The summed E-state index contributed by atoms with van der Waals surface area (Å²) in [7, 11) is 5.92. The van der Waals surface area contributed by atoms with Gasteiger partial charge < -0.3 is 14.5 Å². The van der Waals surface area contributed by atoms with Crippen LogP contribution in [0.25, 0.3) is 22.3 Å². The first-order valence-corrected chi connectivity index (χ1v) is 11.0. The van der Waals surface area contributed by atoms with Crippen LogP contribution in [0.15, 0.2) is 16.9 Å². The summed E-state index contributed by atoms with van der Waals surface area (Å²) in [5.74, 6) is -1.05. The van der Waals surface area contributed by atoms with Crippen molar-refractivity contribution in [2.75, 3.05) is 0 Å². The first kappa shape index (κ1) is 19.7. The standard InChI is InChI=1S/C24H21BFN3O3/c1-3-11-13-6-19-22-14(8-29(19)23(30)15(13)9-32-24(11)31)21-17(28-25)5-4-12-10(2)16(26)7-18(27-22)20(12)21/h6-7,11,17,28H,3-5,8-9H2,1-2H3. The molecular formula is C24H21BFN3O3. The van der Waals surface area contributed by atoms with E-state index in [1.54, 1.807) is 11.5 Å². The molecule has 3 aliphatic rings. The third kappa shape index (κ3) is 2.41. The molecule has 0 spiro atoms. The fourth-order valence-electron chi connectivity index (χ4n) is 5.74. The number of nitrogens with zero attached hydrogens (tertiary/aromatic N) is 2. The van der Waals surface area contributed by atoms with E-state index in [0.29, 0.717) is 53.0 Å². The number of hydrogen-bond acceptors (Lipinski definition) is 5. The maximum atomic E-state index is 14.7. The Balaban J connectivity index is 1.69. The lowest BCUT2D eigenvalue weighted by Gasteiger charge is -2.29. The number of nitrogens with one attached hydrogen (secondary N) is 1. The molecule has 1 aromatic carbocycles. The second-order valence-electron chi connectivity index (χ2n) is 8.89. The number of carbonyl (C=O) groups excluding carboxylic acids is 1. The summed E-state index contributed by atoms with van der Waals surface area (Å²) in [5, 5.41) is 3.85. The predicted octanol–water partition coefficient (Wildman–Crippen LogP) is 3.08. The zero-order chi connectivity index (χ0) is 22.3. The number of esters is 1. The first-order valence-electron chi connectivity index (χ1n) is 11.0. The third-order valence-corrected chi connectivity index (χ3v) is 7.40. The number of aromatic nitrogens is 2. The molecule has 1 aliphatic carbocycles. The molecule has 32 heavy (non-hydrogen) atoms. The number of ether oxygens (including phenoxy) is 1. The number of aryl methyl sites for hydroxylation is 1. The lowest BCUT2D eigenvalue weighted by Crippen LogP contribution is -2.32. The van der Waals surface area contributed by atoms with E-state index in [1.165, 1.54) is 6.07 Å². The van der Waals surface area contributed by atoms with Gasteiger partial charge in [-0.2, -0.15) is 0 Å². The number of hydrogen-bond donors (Lipinski definition) is 1. The Bertz CT molecular complexity index is 1410. The number of halogens is 1. The normalized spacial score (nSPS) is 20.7. The predicted molar refractivity (Wildman–Crippen MR) is 118 cm³/mol. The molecule has 4 heterocycles. The van der Waals surface area contributed by atoms with Crippen molar-refractivity contribution in [2.45, 2.75) is 58.2 Å². The van der Waals surface area contributed by atoms with Crippen LogP contribution in [0, 0.1) is 12.7 Å². The van der Waals surface area contributed by atoms with Crippen LogP contribution in [-0.2, 0) is 29.1 Å². The van der Waals surface area contributed by atoms with Crippen LogP contribution in [0.1, 0.15) is 65.1 Å². The van der Waals surface area contributed by atoms with Crippen molar-refractivity contribution in [3.8, 4) is 11.4 Å². The van der Waals surface area contributed by atoms with E-state index >= 15 is 0 Å². The summed E-state index contributed by atoms with van der Waals surface area (Å²) in [5.41, 5.74) is 6.52. The summed E-state index contributed by atoms with van der Waals surface area (Å²) in [6.07, 6.45) is 1.99. The van der Waals surface area contributed by atoms with Gasteiger partial charge in [-0.25, -0.2) is 9.37 Å². The number of pyridine rings is 2. The number of rotatable bonds is 2. The fourth-order valence-corrected chi connectivity index (χ4v) is 5.74. The molecule has 2 aromatic heterocycles. The molecule has 160 valence electrons. The molecule has 2 atom stereocenters. The Morgan fingerprint density at radius 3 is 2.84 bits per heavy atom. The molecule has 0 bridgehead atoms. The van der Waals surface area contributed by atoms with Crippen molar-refractivity contribution < 1.29 is 13.9 Å². The van der Waals surface area contributed by atoms with Gasteiger partial charge in [0.25, 0.3) is 5.56 Å². The number of benzene rings is 1.